The number of allylic oxidation sites excluding steroid dienone is 2. The summed E-state index contributed by atoms with van der Waals surface area (Å²) in [6.07, 6.45) is 9.31. The van der Waals surface area contributed by atoms with Crippen LogP contribution < -0.4 is 5.46 Å². The number of fused-ring (bicyclic) bond motifs is 3. The number of hydrogen-bond acceptors (Lipinski definition) is 3. The van der Waals surface area contributed by atoms with E-state index in [-0.39, 0.29) is 0 Å². The lowest BCUT2D eigenvalue weighted by atomic mass is 9.77. The van der Waals surface area contributed by atoms with Crippen molar-refractivity contribution in [2.24, 2.45) is 0 Å². The monoisotopic (exact) mass is 242 g/mol. The van der Waals surface area contributed by atoms with Crippen molar-refractivity contribution < 1.29 is 10.0 Å². The number of hydrogen-bond donors (Lipinski definition) is 2. The minimum Gasteiger partial charge on any atom is -0.423 e. The van der Waals surface area contributed by atoms with Crippen LogP contribution >= 0.6 is 11.3 Å². The van der Waals surface area contributed by atoms with Gasteiger partial charge in [-0.2, -0.15) is 0 Å². The maximum atomic E-state index is 9.43. The molecule has 0 bridgehead atoms. The van der Waals surface area contributed by atoms with E-state index >= 15 is 0 Å². The highest BCUT2D eigenvalue weighted by molar-refractivity contribution is 7.20. The van der Waals surface area contributed by atoms with Crippen molar-refractivity contribution in [3.05, 3.63) is 40.8 Å². The molecule has 1 aliphatic carbocycles. The first-order chi connectivity index (χ1) is 8.27. The quantitative estimate of drug-likeness (QED) is 0.751. The zero-order valence-corrected chi connectivity index (χ0v) is 9.95. The second-order valence-corrected chi connectivity index (χ2v) is 5.10. The average Bonchev–Trinajstić information content (AvgIpc) is 2.52. The first-order valence-corrected chi connectivity index (χ1v) is 6.33. The maximum Gasteiger partial charge on any atom is 0.489 e. The summed E-state index contributed by atoms with van der Waals surface area (Å²) in [5.41, 5.74) is 1.68. The highest BCUT2D eigenvalue weighted by Crippen LogP contribution is 2.33. The second kappa shape index (κ2) is 4.15. The molecule has 0 saturated heterocycles. The van der Waals surface area contributed by atoms with Gasteiger partial charge in [0.05, 0.1) is 0 Å². The fourth-order valence-electron chi connectivity index (χ4n) is 2.16. The largest absolute Gasteiger partial charge is 0.489 e. The number of benzene rings is 1. The van der Waals surface area contributed by atoms with Crippen molar-refractivity contribution in [1.29, 1.82) is 0 Å². The average molecular weight is 242 g/mol. The molecular formula is C13H11BO2S. The van der Waals surface area contributed by atoms with Gasteiger partial charge >= 0.3 is 7.12 Å². The van der Waals surface area contributed by atoms with Crippen LogP contribution in [0.25, 0.3) is 22.2 Å². The molecule has 0 atom stereocenters. The molecule has 2 nitrogen and oxygen atoms in total. The molecule has 0 fully saturated rings. The Bertz CT molecular complexity index is 626. The fraction of sp³-hybridized carbons (Fsp3) is 0.0769. The summed E-state index contributed by atoms with van der Waals surface area (Å²) in [7, 11) is -1.42. The van der Waals surface area contributed by atoms with E-state index in [0.717, 1.165) is 22.1 Å². The summed E-state index contributed by atoms with van der Waals surface area (Å²) in [6.45, 7) is 0. The van der Waals surface area contributed by atoms with Crippen molar-refractivity contribution in [1.82, 2.24) is 0 Å². The Hall–Kier alpha value is -1.36. The molecule has 1 aromatic carbocycles. The second-order valence-electron chi connectivity index (χ2n) is 4.01. The van der Waals surface area contributed by atoms with Crippen LogP contribution in [0.4, 0.5) is 0 Å². The lowest BCUT2D eigenvalue weighted by Crippen LogP contribution is -2.30. The Morgan fingerprint density at radius 2 is 1.94 bits per heavy atom. The van der Waals surface area contributed by atoms with Crippen molar-refractivity contribution in [2.45, 2.75) is 6.42 Å². The lowest BCUT2D eigenvalue weighted by molar-refractivity contribution is 0.426. The lowest BCUT2D eigenvalue weighted by Gasteiger charge is -2.03. The Labute approximate surface area is 104 Å². The van der Waals surface area contributed by atoms with Crippen LogP contribution in [0.1, 0.15) is 16.9 Å². The Balaban J connectivity index is 2.39. The van der Waals surface area contributed by atoms with Gasteiger partial charge in [0.1, 0.15) is 0 Å². The van der Waals surface area contributed by atoms with Crippen LogP contribution in [0.5, 0.6) is 0 Å². The molecule has 3 rings (SSSR count). The zero-order chi connectivity index (χ0) is 11.8. The zero-order valence-electron chi connectivity index (χ0n) is 9.13. The molecule has 4 heteroatoms. The van der Waals surface area contributed by atoms with Gasteiger partial charge in [0.25, 0.3) is 0 Å². The molecule has 0 spiro atoms. The van der Waals surface area contributed by atoms with E-state index < -0.39 is 7.12 Å². The smallest absolute Gasteiger partial charge is 0.423 e. The van der Waals surface area contributed by atoms with E-state index in [1.165, 1.54) is 4.88 Å². The van der Waals surface area contributed by atoms with Crippen LogP contribution in [0.2, 0.25) is 0 Å². The number of thiophene rings is 1. The molecule has 1 heterocycles. The summed E-state index contributed by atoms with van der Waals surface area (Å²) >= 11 is 1.68. The molecule has 2 aromatic rings. The summed E-state index contributed by atoms with van der Waals surface area (Å²) in [5, 5.41) is 19.8. The van der Waals surface area contributed by atoms with Crippen molar-refractivity contribution in [3.63, 3.8) is 0 Å². The fourth-order valence-corrected chi connectivity index (χ4v) is 3.32. The van der Waals surface area contributed by atoms with E-state index in [0.29, 0.717) is 5.46 Å². The van der Waals surface area contributed by atoms with Crippen LogP contribution in [0.3, 0.4) is 0 Å². The summed E-state index contributed by atoms with van der Waals surface area (Å²) in [4.78, 5) is 1.18. The molecule has 0 unspecified atom stereocenters. The Kier molecular flexibility index (Phi) is 2.63. The van der Waals surface area contributed by atoms with E-state index in [1.54, 1.807) is 17.4 Å². The molecule has 0 aliphatic heterocycles. The molecular weight excluding hydrogens is 231 g/mol. The molecule has 1 aliphatic rings. The predicted molar refractivity (Wildman–Crippen MR) is 74.3 cm³/mol. The van der Waals surface area contributed by atoms with Gasteiger partial charge in [-0.1, -0.05) is 30.4 Å². The van der Waals surface area contributed by atoms with Crippen molar-refractivity contribution in [2.75, 3.05) is 0 Å². The van der Waals surface area contributed by atoms with Gasteiger partial charge < -0.3 is 10.0 Å². The molecule has 2 N–H and O–H groups in total. The molecule has 17 heavy (non-hydrogen) atoms. The van der Waals surface area contributed by atoms with E-state index in [4.69, 9.17) is 0 Å². The van der Waals surface area contributed by atoms with Gasteiger partial charge in [-0.05, 0) is 29.6 Å². The van der Waals surface area contributed by atoms with Crippen LogP contribution in [0, 0.1) is 0 Å². The normalized spacial score (nSPS) is 13.8. The van der Waals surface area contributed by atoms with Gasteiger partial charge in [0.15, 0.2) is 0 Å². The first kappa shape index (κ1) is 10.8. The van der Waals surface area contributed by atoms with Crippen LogP contribution in [0.15, 0.2) is 30.4 Å². The van der Waals surface area contributed by atoms with Gasteiger partial charge in [0, 0.05) is 15.0 Å². The third-order valence-corrected chi connectivity index (χ3v) is 4.05. The molecule has 0 saturated carbocycles. The van der Waals surface area contributed by atoms with Crippen molar-refractivity contribution >= 4 is 46.2 Å². The first-order valence-electron chi connectivity index (χ1n) is 5.52. The highest BCUT2D eigenvalue weighted by atomic mass is 32.1. The van der Waals surface area contributed by atoms with Crippen molar-refractivity contribution in [3.8, 4) is 0 Å². The molecule has 84 valence electrons. The van der Waals surface area contributed by atoms with Crippen LogP contribution in [-0.4, -0.2) is 17.2 Å². The molecule has 0 amide bonds. The number of rotatable bonds is 1. The van der Waals surface area contributed by atoms with E-state index in [2.05, 4.69) is 24.3 Å². The van der Waals surface area contributed by atoms with E-state index in [1.807, 2.05) is 12.1 Å². The van der Waals surface area contributed by atoms with Gasteiger partial charge in [-0.25, -0.2) is 0 Å². The topological polar surface area (TPSA) is 40.5 Å². The summed E-state index contributed by atoms with van der Waals surface area (Å²) in [6, 6.07) is 5.64. The molecule has 1 aromatic heterocycles. The maximum absolute atomic E-state index is 9.43. The van der Waals surface area contributed by atoms with Crippen LogP contribution in [-0.2, 0) is 0 Å². The van der Waals surface area contributed by atoms with Gasteiger partial charge in [-0.15, -0.1) is 11.3 Å². The summed E-state index contributed by atoms with van der Waals surface area (Å²) in [5.74, 6) is 0. The predicted octanol–water partition coefficient (Wildman–Crippen LogP) is 2.01. The highest BCUT2D eigenvalue weighted by Gasteiger charge is 2.19. The van der Waals surface area contributed by atoms with E-state index in [9.17, 15) is 10.0 Å². The standard InChI is InChI=1S/C13H11BO2S/c15-14(16)10-6-4-8-12-13(10)9-5-2-1-3-7-11(9)17-12/h2-8,15-16H,1H2. The van der Waals surface area contributed by atoms with Gasteiger partial charge in [0.2, 0.25) is 0 Å². The minimum absolute atomic E-state index is 0.583. The summed E-state index contributed by atoms with van der Waals surface area (Å²) < 4.78 is 1.09. The minimum atomic E-state index is -1.42. The Morgan fingerprint density at radius 1 is 1.12 bits per heavy atom. The molecule has 0 radical (unpaired) electrons. The Morgan fingerprint density at radius 3 is 2.76 bits per heavy atom. The van der Waals surface area contributed by atoms with Gasteiger partial charge in [-0.3, -0.25) is 0 Å². The SMILES string of the molecule is OB(O)c1cccc2sc3c(c12)C=CCC=C3. The third-order valence-electron chi connectivity index (χ3n) is 2.92. The third kappa shape index (κ3) is 1.74.